The maximum Gasteiger partial charge on any atom is 0.414 e. The second kappa shape index (κ2) is 13.5. The topological polar surface area (TPSA) is 166 Å². The van der Waals surface area contributed by atoms with Gasteiger partial charge in [-0.1, -0.05) is 0 Å². The van der Waals surface area contributed by atoms with Gasteiger partial charge in [-0.25, -0.2) is 9.59 Å². The van der Waals surface area contributed by atoms with Crippen molar-refractivity contribution in [2.75, 3.05) is 28.6 Å². The van der Waals surface area contributed by atoms with Gasteiger partial charge in [0.15, 0.2) is 5.58 Å². The van der Waals surface area contributed by atoms with Crippen LogP contribution in [0, 0.1) is 5.92 Å². The third-order valence-electron chi connectivity index (χ3n) is 7.43. The summed E-state index contributed by atoms with van der Waals surface area (Å²) < 4.78 is 60.6. The second-order valence-electron chi connectivity index (χ2n) is 14.0. The maximum atomic E-state index is 14.1. The zero-order valence-corrected chi connectivity index (χ0v) is 28.6. The number of hydrogen-bond acceptors (Lipinski definition) is 10. The van der Waals surface area contributed by atoms with Crippen molar-refractivity contribution < 1.29 is 41.4 Å². The number of pyridine rings is 2. The minimum absolute atomic E-state index is 0.0164. The lowest BCUT2D eigenvalue weighted by atomic mass is 9.93. The third kappa shape index (κ3) is 8.81. The Morgan fingerprint density at radius 1 is 0.940 bits per heavy atom. The number of halogens is 3. The van der Waals surface area contributed by atoms with Crippen molar-refractivity contribution in [1.29, 1.82) is 0 Å². The molecule has 0 spiro atoms. The van der Waals surface area contributed by atoms with E-state index in [1.165, 1.54) is 29.6 Å². The van der Waals surface area contributed by atoms with Gasteiger partial charge in [0, 0.05) is 49.9 Å². The Hall–Kier alpha value is -5.35. The second-order valence-corrected chi connectivity index (χ2v) is 14.0. The molecule has 0 aliphatic carbocycles. The van der Waals surface area contributed by atoms with Gasteiger partial charge >= 0.3 is 18.4 Å². The first-order valence-electron chi connectivity index (χ1n) is 15.7. The highest BCUT2D eigenvalue weighted by Gasteiger charge is 2.45. The molecule has 4 aromatic heterocycles. The molecule has 3 amide bonds. The first-order chi connectivity index (χ1) is 23.3. The fourth-order valence-electron chi connectivity index (χ4n) is 5.46. The number of ether oxygens (including phenoxy) is 2. The lowest BCUT2D eigenvalue weighted by molar-refractivity contribution is -0.177. The van der Waals surface area contributed by atoms with Crippen LogP contribution in [0.3, 0.4) is 0 Å². The molecule has 0 saturated carbocycles. The first-order valence-corrected chi connectivity index (χ1v) is 15.7. The average Bonchev–Trinajstić information content (AvgIpc) is 3.57. The Kier molecular flexibility index (Phi) is 9.72. The van der Waals surface area contributed by atoms with Crippen LogP contribution in [0.1, 0.15) is 58.3 Å². The SMILES string of the molecule is Cn1cc(-c2cnc3c(C(=O)Nc4cnccc4N4CC(NC(=O)OC(C)(C)C)C[C@@H](C(F)(F)F)C4)c(NC(=O)OC(C)(C)C)oc3c2)cn1. The van der Waals surface area contributed by atoms with E-state index in [-0.39, 0.29) is 46.9 Å². The van der Waals surface area contributed by atoms with E-state index in [4.69, 9.17) is 13.9 Å². The molecule has 1 aliphatic heterocycles. The van der Waals surface area contributed by atoms with Crippen molar-refractivity contribution in [3.63, 3.8) is 0 Å². The van der Waals surface area contributed by atoms with Crippen LogP contribution in [-0.4, -0.2) is 74.4 Å². The Morgan fingerprint density at radius 3 is 2.28 bits per heavy atom. The Morgan fingerprint density at radius 2 is 1.64 bits per heavy atom. The van der Waals surface area contributed by atoms with E-state index in [0.29, 0.717) is 5.56 Å². The smallest absolute Gasteiger partial charge is 0.414 e. The predicted octanol–water partition coefficient (Wildman–Crippen LogP) is 6.50. The molecule has 0 radical (unpaired) electrons. The number of piperidine rings is 1. The summed E-state index contributed by atoms with van der Waals surface area (Å²) in [5.74, 6) is -2.85. The number of nitrogens with zero attached hydrogens (tertiary/aromatic N) is 5. The van der Waals surface area contributed by atoms with Crippen LogP contribution in [-0.2, 0) is 16.5 Å². The van der Waals surface area contributed by atoms with Gasteiger partial charge in [-0.15, -0.1) is 0 Å². The van der Waals surface area contributed by atoms with Gasteiger partial charge in [0.1, 0.15) is 22.3 Å². The average molecular weight is 701 g/mol. The predicted molar refractivity (Wildman–Crippen MR) is 178 cm³/mol. The summed E-state index contributed by atoms with van der Waals surface area (Å²) in [4.78, 5) is 49.3. The van der Waals surface area contributed by atoms with E-state index in [9.17, 15) is 27.6 Å². The molecule has 1 saturated heterocycles. The zero-order chi connectivity index (χ0) is 36.6. The van der Waals surface area contributed by atoms with Crippen LogP contribution in [0.15, 0.2) is 47.5 Å². The highest BCUT2D eigenvalue weighted by atomic mass is 19.4. The van der Waals surface area contributed by atoms with Crippen molar-refractivity contribution >= 4 is 46.5 Å². The number of alkyl halides is 3. The number of aromatic nitrogens is 4. The van der Waals surface area contributed by atoms with Gasteiger partial charge in [0.2, 0.25) is 5.88 Å². The van der Waals surface area contributed by atoms with Gasteiger partial charge in [-0.2, -0.15) is 18.3 Å². The lowest BCUT2D eigenvalue weighted by Gasteiger charge is -2.40. The van der Waals surface area contributed by atoms with Gasteiger partial charge in [0.05, 0.1) is 35.7 Å². The molecule has 5 heterocycles. The molecule has 4 aromatic rings. The van der Waals surface area contributed by atoms with Crippen molar-refractivity contribution in [3.05, 3.63) is 48.7 Å². The van der Waals surface area contributed by atoms with E-state index in [0.717, 1.165) is 5.56 Å². The molecular formula is C33H39F3N8O6. The molecule has 3 N–H and O–H groups in total. The number of rotatable bonds is 6. The molecule has 1 unspecified atom stereocenters. The molecular weight excluding hydrogens is 661 g/mol. The summed E-state index contributed by atoms with van der Waals surface area (Å²) in [6, 6.07) is 2.17. The summed E-state index contributed by atoms with van der Waals surface area (Å²) >= 11 is 0. The largest absolute Gasteiger partial charge is 0.444 e. The Bertz CT molecular complexity index is 1890. The van der Waals surface area contributed by atoms with E-state index in [1.807, 2.05) is 0 Å². The summed E-state index contributed by atoms with van der Waals surface area (Å²) in [5.41, 5.74) is 0.0298. The fraction of sp³-hybridized carbons (Fsp3) is 0.455. The molecule has 268 valence electrons. The molecule has 1 fully saturated rings. The molecule has 17 heteroatoms. The molecule has 2 atom stereocenters. The summed E-state index contributed by atoms with van der Waals surface area (Å²) in [6.07, 6.45) is 0.907. The van der Waals surface area contributed by atoms with Gasteiger partial charge < -0.3 is 29.4 Å². The highest BCUT2D eigenvalue weighted by molar-refractivity contribution is 6.17. The number of fused-ring (bicyclic) bond motifs is 1. The zero-order valence-electron chi connectivity index (χ0n) is 28.6. The van der Waals surface area contributed by atoms with Crippen molar-refractivity contribution in [3.8, 4) is 11.1 Å². The summed E-state index contributed by atoms with van der Waals surface area (Å²) in [7, 11) is 1.76. The minimum atomic E-state index is -4.57. The standard InChI is InChI=1S/C33H39F3N8O6/c1-31(2,3)49-29(46)40-21-11-20(33(34,35)36)16-44(17-21)23-8-9-37-14-22(23)41-27(45)25-26-24(48-28(25)42-30(47)50-32(4,5)6)10-18(12-38-26)19-13-39-43(7)15-19/h8-10,12-15,20-21H,11,16-17H2,1-7H3,(H,40,46)(H,41,45)(H,42,47)/t20-,21?/m1/s1. The number of carbonyl (C=O) groups excluding carboxylic acids is 3. The lowest BCUT2D eigenvalue weighted by Crippen LogP contribution is -2.54. The summed E-state index contributed by atoms with van der Waals surface area (Å²) in [5, 5.41) is 11.9. The number of hydrogen-bond donors (Lipinski definition) is 3. The fourth-order valence-corrected chi connectivity index (χ4v) is 5.46. The van der Waals surface area contributed by atoms with E-state index in [2.05, 4.69) is 31.0 Å². The molecule has 50 heavy (non-hydrogen) atoms. The highest BCUT2D eigenvalue weighted by Crippen LogP contribution is 2.38. The van der Waals surface area contributed by atoms with Crippen LogP contribution in [0.5, 0.6) is 0 Å². The summed E-state index contributed by atoms with van der Waals surface area (Å²) in [6.45, 7) is 9.50. The normalized spacial score (nSPS) is 17.0. The third-order valence-corrected chi connectivity index (χ3v) is 7.43. The molecule has 0 aromatic carbocycles. The number of nitrogens with one attached hydrogen (secondary N) is 3. The van der Waals surface area contributed by atoms with Crippen LogP contribution in [0.25, 0.3) is 22.2 Å². The molecule has 5 rings (SSSR count). The minimum Gasteiger partial charge on any atom is -0.444 e. The van der Waals surface area contributed by atoms with Crippen molar-refractivity contribution in [1.82, 2.24) is 25.1 Å². The number of aryl methyl sites for hydroxylation is 1. The molecule has 0 bridgehead atoms. The van der Waals surface area contributed by atoms with Crippen molar-refractivity contribution in [2.45, 2.75) is 71.4 Å². The van der Waals surface area contributed by atoms with E-state index < -0.39 is 54.0 Å². The van der Waals surface area contributed by atoms with Gasteiger partial charge in [-0.05, 0) is 60.1 Å². The number of carbonyl (C=O) groups is 3. The number of furan rings is 1. The van der Waals surface area contributed by atoms with Gasteiger partial charge in [-0.3, -0.25) is 24.8 Å². The van der Waals surface area contributed by atoms with Crippen LogP contribution in [0.4, 0.5) is 40.0 Å². The molecule has 14 nitrogen and oxygen atoms in total. The van der Waals surface area contributed by atoms with Crippen molar-refractivity contribution in [2.24, 2.45) is 13.0 Å². The van der Waals surface area contributed by atoms with Crippen LogP contribution >= 0.6 is 0 Å². The van der Waals surface area contributed by atoms with Crippen LogP contribution < -0.4 is 20.9 Å². The number of alkyl carbamates (subject to hydrolysis) is 1. The molecule has 1 aliphatic rings. The Balaban J connectivity index is 1.48. The Labute approximate surface area is 285 Å². The van der Waals surface area contributed by atoms with Crippen LogP contribution in [0.2, 0.25) is 0 Å². The van der Waals surface area contributed by atoms with Gasteiger partial charge in [0.25, 0.3) is 5.91 Å². The monoisotopic (exact) mass is 700 g/mol. The maximum absolute atomic E-state index is 14.1. The van der Waals surface area contributed by atoms with E-state index in [1.54, 1.807) is 71.7 Å². The number of amides is 3. The number of anilines is 3. The first kappa shape index (κ1) is 35.9. The quantitative estimate of drug-likeness (QED) is 0.202. The van der Waals surface area contributed by atoms with E-state index >= 15 is 0 Å².